The smallest absolute Gasteiger partial charge is 0.167 e. The van der Waals surface area contributed by atoms with Crippen molar-refractivity contribution in [2.45, 2.75) is 20.3 Å². The van der Waals surface area contributed by atoms with Crippen molar-refractivity contribution >= 4 is 21.7 Å². The van der Waals surface area contributed by atoms with E-state index in [0.29, 0.717) is 6.42 Å². The lowest BCUT2D eigenvalue weighted by Gasteiger charge is -2.05. The van der Waals surface area contributed by atoms with Crippen LogP contribution in [0.5, 0.6) is 0 Å². The van der Waals surface area contributed by atoms with Crippen LogP contribution in [0, 0.1) is 13.8 Å². The molecule has 0 saturated carbocycles. The van der Waals surface area contributed by atoms with Crippen molar-refractivity contribution in [1.82, 2.24) is 0 Å². The second-order valence-corrected chi connectivity index (χ2v) is 5.52. The maximum Gasteiger partial charge on any atom is 0.167 e. The lowest BCUT2D eigenvalue weighted by molar-refractivity contribution is 0.0993. The van der Waals surface area contributed by atoms with Crippen LogP contribution < -0.4 is 0 Å². The Morgan fingerprint density at radius 2 is 1.56 bits per heavy atom. The molecule has 0 atom stereocenters. The summed E-state index contributed by atoms with van der Waals surface area (Å²) in [5.74, 6) is 0.160. The summed E-state index contributed by atoms with van der Waals surface area (Å²) >= 11 is 3.37. The Morgan fingerprint density at radius 1 is 1.00 bits per heavy atom. The molecule has 1 nitrogen and oxygen atoms in total. The first-order chi connectivity index (χ1) is 8.54. The third-order valence-electron chi connectivity index (χ3n) is 2.81. The van der Waals surface area contributed by atoms with Crippen LogP contribution in [0.1, 0.15) is 27.0 Å². The molecule has 92 valence electrons. The summed E-state index contributed by atoms with van der Waals surface area (Å²) in [6, 6.07) is 13.8. The zero-order valence-corrected chi connectivity index (χ0v) is 12.1. The molecule has 0 N–H and O–H groups in total. The maximum absolute atomic E-state index is 12.1. The molecule has 0 saturated heterocycles. The summed E-state index contributed by atoms with van der Waals surface area (Å²) in [6.07, 6.45) is 0.462. The van der Waals surface area contributed by atoms with Gasteiger partial charge in [0, 0.05) is 16.5 Å². The van der Waals surface area contributed by atoms with Crippen molar-refractivity contribution in [2.75, 3.05) is 0 Å². The zero-order valence-electron chi connectivity index (χ0n) is 10.5. The van der Waals surface area contributed by atoms with E-state index < -0.39 is 0 Å². The molecule has 18 heavy (non-hydrogen) atoms. The predicted molar refractivity (Wildman–Crippen MR) is 78.1 cm³/mol. The first-order valence-electron chi connectivity index (χ1n) is 5.90. The highest BCUT2D eigenvalue weighted by molar-refractivity contribution is 9.10. The normalized spacial score (nSPS) is 10.4. The molecule has 2 aromatic rings. The Balaban J connectivity index is 2.18. The first-order valence-corrected chi connectivity index (χ1v) is 6.70. The third-order valence-corrected chi connectivity index (χ3v) is 3.34. The number of Topliss-reactive ketones (excluding diaryl/α,β-unsaturated/α-hetero) is 1. The van der Waals surface area contributed by atoms with Crippen LogP contribution in [0.4, 0.5) is 0 Å². The molecule has 0 radical (unpaired) electrons. The van der Waals surface area contributed by atoms with Crippen LogP contribution >= 0.6 is 15.9 Å². The zero-order chi connectivity index (χ0) is 13.1. The Morgan fingerprint density at radius 3 is 2.11 bits per heavy atom. The minimum Gasteiger partial charge on any atom is -0.294 e. The highest BCUT2D eigenvalue weighted by Gasteiger charge is 2.07. The molecule has 0 amide bonds. The quantitative estimate of drug-likeness (QED) is 0.763. The molecule has 0 fully saturated rings. The molecule has 2 heteroatoms. The van der Waals surface area contributed by atoms with Gasteiger partial charge in [-0.3, -0.25) is 4.79 Å². The Labute approximate surface area is 116 Å². The number of hydrogen-bond donors (Lipinski definition) is 0. The first kappa shape index (κ1) is 13.0. The minimum atomic E-state index is 0.160. The fourth-order valence-electron chi connectivity index (χ4n) is 2.09. The molecule has 0 spiro atoms. The van der Waals surface area contributed by atoms with E-state index in [0.717, 1.165) is 15.6 Å². The highest BCUT2D eigenvalue weighted by atomic mass is 79.9. The van der Waals surface area contributed by atoms with Gasteiger partial charge in [-0.05, 0) is 31.5 Å². The number of hydrogen-bond acceptors (Lipinski definition) is 1. The second-order valence-electron chi connectivity index (χ2n) is 4.60. The van der Waals surface area contributed by atoms with E-state index in [1.807, 2.05) is 24.3 Å². The number of aryl methyl sites for hydroxylation is 2. The van der Waals surface area contributed by atoms with Gasteiger partial charge < -0.3 is 0 Å². The number of carbonyl (C=O) groups excluding carboxylic acids is 1. The van der Waals surface area contributed by atoms with E-state index in [1.165, 1.54) is 11.1 Å². The van der Waals surface area contributed by atoms with Crippen molar-refractivity contribution < 1.29 is 4.79 Å². The van der Waals surface area contributed by atoms with Crippen LogP contribution in [0.15, 0.2) is 46.9 Å². The summed E-state index contributed by atoms with van der Waals surface area (Å²) in [7, 11) is 0. The van der Waals surface area contributed by atoms with E-state index >= 15 is 0 Å². The highest BCUT2D eigenvalue weighted by Crippen LogP contribution is 2.15. The Kier molecular flexibility index (Phi) is 3.97. The monoisotopic (exact) mass is 302 g/mol. The Bertz CT molecular complexity index is 550. The number of rotatable bonds is 3. The van der Waals surface area contributed by atoms with Crippen LogP contribution in [-0.4, -0.2) is 5.78 Å². The second kappa shape index (κ2) is 5.49. The van der Waals surface area contributed by atoms with Gasteiger partial charge in [0.05, 0.1) is 0 Å². The average molecular weight is 303 g/mol. The van der Waals surface area contributed by atoms with E-state index in [1.54, 1.807) is 0 Å². The van der Waals surface area contributed by atoms with Crippen LogP contribution in [-0.2, 0) is 6.42 Å². The van der Waals surface area contributed by atoms with E-state index in [2.05, 4.69) is 48.0 Å². The number of halogens is 1. The van der Waals surface area contributed by atoms with Gasteiger partial charge in [0.2, 0.25) is 0 Å². The van der Waals surface area contributed by atoms with Crippen molar-refractivity contribution in [3.05, 3.63) is 69.2 Å². The molecule has 0 unspecified atom stereocenters. The topological polar surface area (TPSA) is 17.1 Å². The molecular weight excluding hydrogens is 288 g/mol. The fourth-order valence-corrected chi connectivity index (χ4v) is 2.36. The van der Waals surface area contributed by atoms with Crippen molar-refractivity contribution in [2.24, 2.45) is 0 Å². The minimum absolute atomic E-state index is 0.160. The summed E-state index contributed by atoms with van der Waals surface area (Å²) < 4.78 is 0.991. The molecule has 2 aromatic carbocycles. The molecule has 0 heterocycles. The van der Waals surface area contributed by atoms with Crippen molar-refractivity contribution in [3.63, 3.8) is 0 Å². The van der Waals surface area contributed by atoms with Gasteiger partial charge in [-0.2, -0.15) is 0 Å². The molecule has 0 aliphatic carbocycles. The van der Waals surface area contributed by atoms with Gasteiger partial charge in [-0.25, -0.2) is 0 Å². The maximum atomic E-state index is 12.1. The lowest BCUT2D eigenvalue weighted by Crippen LogP contribution is -2.03. The van der Waals surface area contributed by atoms with Crippen LogP contribution in [0.2, 0.25) is 0 Å². The predicted octanol–water partition coefficient (Wildman–Crippen LogP) is 4.49. The third kappa shape index (κ3) is 3.30. The molecule has 0 aliphatic heterocycles. The van der Waals surface area contributed by atoms with Crippen LogP contribution in [0.3, 0.4) is 0 Å². The van der Waals surface area contributed by atoms with Crippen LogP contribution in [0.25, 0.3) is 0 Å². The number of ketones is 1. The molecule has 0 aromatic heterocycles. The molecule has 0 aliphatic rings. The van der Waals surface area contributed by atoms with Gasteiger partial charge in [0.15, 0.2) is 5.78 Å². The van der Waals surface area contributed by atoms with E-state index in [4.69, 9.17) is 0 Å². The standard InChI is InChI=1S/C16H15BrO/c1-11-7-12(2)9-13(8-11)10-16(18)14-3-5-15(17)6-4-14/h3-9H,10H2,1-2H3. The SMILES string of the molecule is Cc1cc(C)cc(CC(=O)c2ccc(Br)cc2)c1. The summed E-state index contributed by atoms with van der Waals surface area (Å²) in [4.78, 5) is 12.1. The van der Waals surface area contributed by atoms with Gasteiger partial charge >= 0.3 is 0 Å². The van der Waals surface area contributed by atoms with E-state index in [9.17, 15) is 4.79 Å². The van der Waals surface area contributed by atoms with E-state index in [-0.39, 0.29) is 5.78 Å². The number of carbonyl (C=O) groups is 1. The number of benzene rings is 2. The van der Waals surface area contributed by atoms with Gasteiger partial charge in [-0.15, -0.1) is 0 Å². The summed E-state index contributed by atoms with van der Waals surface area (Å²) in [6.45, 7) is 4.11. The molecule has 2 rings (SSSR count). The van der Waals surface area contributed by atoms with Crippen molar-refractivity contribution in [3.8, 4) is 0 Å². The lowest BCUT2D eigenvalue weighted by atomic mass is 10.00. The largest absolute Gasteiger partial charge is 0.294 e. The fraction of sp³-hybridized carbons (Fsp3) is 0.188. The average Bonchev–Trinajstić information content (AvgIpc) is 2.28. The molecular formula is C16H15BrO. The van der Waals surface area contributed by atoms with Gasteiger partial charge in [0.1, 0.15) is 0 Å². The Hall–Kier alpha value is -1.41. The van der Waals surface area contributed by atoms with Gasteiger partial charge in [0.25, 0.3) is 0 Å². The van der Waals surface area contributed by atoms with Gasteiger partial charge in [-0.1, -0.05) is 57.4 Å². The summed E-state index contributed by atoms with van der Waals surface area (Å²) in [5, 5.41) is 0. The van der Waals surface area contributed by atoms with Crippen molar-refractivity contribution in [1.29, 1.82) is 0 Å². The summed E-state index contributed by atoms with van der Waals surface area (Å²) in [5.41, 5.74) is 4.25. The molecule has 0 bridgehead atoms.